The van der Waals surface area contributed by atoms with Gasteiger partial charge in [-0.25, -0.2) is 0 Å². The van der Waals surface area contributed by atoms with Gasteiger partial charge in [0.2, 0.25) is 0 Å². The molecular weight excluding hydrogens is 277 g/mol. The molecule has 0 fully saturated rings. The highest BCUT2D eigenvalue weighted by Gasteiger charge is 2.00. The quantitative estimate of drug-likeness (QED) is 0.830. The van der Waals surface area contributed by atoms with Crippen LogP contribution in [0.15, 0.2) is 22.7 Å². The van der Waals surface area contributed by atoms with Crippen molar-refractivity contribution in [3.8, 4) is 0 Å². The molecule has 0 aliphatic heterocycles. The van der Waals surface area contributed by atoms with Crippen LogP contribution in [0.1, 0.15) is 13.8 Å². The van der Waals surface area contributed by atoms with Crippen molar-refractivity contribution in [2.75, 3.05) is 18.5 Å². The molecule has 0 spiro atoms. The van der Waals surface area contributed by atoms with E-state index in [9.17, 15) is 0 Å². The Balaban J connectivity index is 2.40. The third-order valence-corrected chi connectivity index (χ3v) is 2.72. The Morgan fingerprint density at radius 1 is 1.47 bits per heavy atom. The Morgan fingerprint density at radius 2 is 2.20 bits per heavy atom. The molecule has 0 saturated carbocycles. The van der Waals surface area contributed by atoms with Crippen molar-refractivity contribution in [3.05, 3.63) is 27.7 Å². The molecule has 0 saturated heterocycles. The standard InChI is InChI=1S/C11H15BrClNO/c1-8(2)15-6-5-14-11-7-9(13)3-4-10(11)12/h3-4,7-8,14H,5-6H2,1-2H3. The second-order valence-corrected chi connectivity index (χ2v) is 4.76. The highest BCUT2D eigenvalue weighted by Crippen LogP contribution is 2.25. The van der Waals surface area contributed by atoms with E-state index >= 15 is 0 Å². The minimum Gasteiger partial charge on any atom is -0.382 e. The summed E-state index contributed by atoms with van der Waals surface area (Å²) in [4.78, 5) is 0. The van der Waals surface area contributed by atoms with Crippen molar-refractivity contribution in [1.82, 2.24) is 0 Å². The molecule has 1 aromatic carbocycles. The van der Waals surface area contributed by atoms with Crippen molar-refractivity contribution in [2.45, 2.75) is 20.0 Å². The van der Waals surface area contributed by atoms with Crippen LogP contribution in [0, 0.1) is 0 Å². The van der Waals surface area contributed by atoms with E-state index < -0.39 is 0 Å². The largest absolute Gasteiger partial charge is 0.382 e. The Labute approximate surface area is 104 Å². The molecule has 0 unspecified atom stereocenters. The number of hydrogen-bond donors (Lipinski definition) is 1. The third kappa shape index (κ3) is 4.87. The van der Waals surface area contributed by atoms with Crippen molar-refractivity contribution < 1.29 is 4.74 Å². The highest BCUT2D eigenvalue weighted by atomic mass is 79.9. The molecule has 1 N–H and O–H groups in total. The molecule has 0 aliphatic carbocycles. The van der Waals surface area contributed by atoms with Gasteiger partial charge in [0.25, 0.3) is 0 Å². The third-order valence-electron chi connectivity index (χ3n) is 1.80. The first kappa shape index (κ1) is 12.8. The fourth-order valence-corrected chi connectivity index (χ4v) is 1.67. The van der Waals surface area contributed by atoms with Crippen molar-refractivity contribution >= 4 is 33.2 Å². The van der Waals surface area contributed by atoms with Crippen LogP contribution in [0.4, 0.5) is 5.69 Å². The van der Waals surface area contributed by atoms with Gasteiger partial charge in [-0.15, -0.1) is 0 Å². The van der Waals surface area contributed by atoms with Gasteiger partial charge in [-0.05, 0) is 48.0 Å². The molecular formula is C11H15BrClNO. The summed E-state index contributed by atoms with van der Waals surface area (Å²) in [6.45, 7) is 5.51. The van der Waals surface area contributed by atoms with Crippen LogP contribution in [-0.2, 0) is 4.74 Å². The molecule has 2 nitrogen and oxygen atoms in total. The molecule has 15 heavy (non-hydrogen) atoms. The first-order valence-corrected chi connectivity index (χ1v) is 6.07. The second kappa shape index (κ2) is 6.36. The van der Waals surface area contributed by atoms with E-state index in [1.54, 1.807) is 0 Å². The summed E-state index contributed by atoms with van der Waals surface area (Å²) < 4.78 is 6.43. The number of hydrogen-bond acceptors (Lipinski definition) is 2. The smallest absolute Gasteiger partial charge is 0.0642 e. The van der Waals surface area contributed by atoms with Gasteiger partial charge in [0.1, 0.15) is 0 Å². The predicted molar refractivity (Wildman–Crippen MR) is 68.7 cm³/mol. The van der Waals surface area contributed by atoms with Crippen LogP contribution in [-0.4, -0.2) is 19.3 Å². The summed E-state index contributed by atoms with van der Waals surface area (Å²) in [6, 6.07) is 5.66. The summed E-state index contributed by atoms with van der Waals surface area (Å²) >= 11 is 9.34. The van der Waals surface area contributed by atoms with E-state index in [1.807, 2.05) is 32.0 Å². The fourth-order valence-electron chi connectivity index (χ4n) is 1.11. The second-order valence-electron chi connectivity index (χ2n) is 3.47. The Hall–Kier alpha value is -0.250. The molecule has 0 bridgehead atoms. The number of benzene rings is 1. The van der Waals surface area contributed by atoms with E-state index in [4.69, 9.17) is 16.3 Å². The minimum absolute atomic E-state index is 0.273. The van der Waals surface area contributed by atoms with E-state index in [0.717, 1.165) is 21.7 Å². The lowest BCUT2D eigenvalue weighted by molar-refractivity contribution is 0.0870. The van der Waals surface area contributed by atoms with E-state index in [0.29, 0.717) is 6.61 Å². The number of halogens is 2. The first-order chi connectivity index (χ1) is 7.09. The van der Waals surface area contributed by atoms with E-state index in [2.05, 4.69) is 21.2 Å². The molecule has 0 heterocycles. The lowest BCUT2D eigenvalue weighted by Crippen LogP contribution is -2.13. The lowest BCUT2D eigenvalue weighted by atomic mass is 10.3. The zero-order chi connectivity index (χ0) is 11.3. The van der Waals surface area contributed by atoms with Gasteiger partial charge < -0.3 is 10.1 Å². The monoisotopic (exact) mass is 291 g/mol. The van der Waals surface area contributed by atoms with Gasteiger partial charge in [0, 0.05) is 21.7 Å². The predicted octanol–water partition coefficient (Wildman–Crippen LogP) is 3.94. The molecule has 0 amide bonds. The van der Waals surface area contributed by atoms with Gasteiger partial charge in [0.05, 0.1) is 12.7 Å². The first-order valence-electron chi connectivity index (χ1n) is 4.90. The Morgan fingerprint density at radius 3 is 2.87 bits per heavy atom. The molecule has 0 aromatic heterocycles. The van der Waals surface area contributed by atoms with Crippen molar-refractivity contribution in [3.63, 3.8) is 0 Å². The highest BCUT2D eigenvalue weighted by molar-refractivity contribution is 9.10. The molecule has 0 radical (unpaired) electrons. The van der Waals surface area contributed by atoms with Crippen LogP contribution in [0.25, 0.3) is 0 Å². The summed E-state index contributed by atoms with van der Waals surface area (Å²) in [5, 5.41) is 3.98. The van der Waals surface area contributed by atoms with Crippen LogP contribution >= 0.6 is 27.5 Å². The van der Waals surface area contributed by atoms with E-state index in [-0.39, 0.29) is 6.10 Å². The number of rotatable bonds is 5. The summed E-state index contributed by atoms with van der Waals surface area (Å²) in [5.74, 6) is 0. The summed E-state index contributed by atoms with van der Waals surface area (Å²) in [6.07, 6.45) is 0.273. The van der Waals surface area contributed by atoms with Crippen LogP contribution < -0.4 is 5.32 Å². The SMILES string of the molecule is CC(C)OCCNc1cc(Cl)ccc1Br. The maximum absolute atomic E-state index is 5.89. The van der Waals surface area contributed by atoms with Gasteiger partial charge in [-0.3, -0.25) is 0 Å². The summed E-state index contributed by atoms with van der Waals surface area (Å²) in [7, 11) is 0. The number of ether oxygens (including phenoxy) is 1. The maximum Gasteiger partial charge on any atom is 0.0642 e. The van der Waals surface area contributed by atoms with Gasteiger partial charge >= 0.3 is 0 Å². The average molecular weight is 293 g/mol. The Kier molecular flexibility index (Phi) is 5.43. The number of anilines is 1. The molecule has 0 atom stereocenters. The zero-order valence-corrected chi connectivity index (χ0v) is 11.2. The van der Waals surface area contributed by atoms with Gasteiger partial charge in [-0.2, -0.15) is 0 Å². The average Bonchev–Trinajstić information content (AvgIpc) is 2.17. The molecule has 1 rings (SSSR count). The Bertz CT molecular complexity index is 317. The zero-order valence-electron chi connectivity index (χ0n) is 8.89. The molecule has 0 aliphatic rings. The topological polar surface area (TPSA) is 21.3 Å². The normalized spacial score (nSPS) is 10.7. The lowest BCUT2D eigenvalue weighted by Gasteiger charge is -2.11. The molecule has 84 valence electrons. The summed E-state index contributed by atoms with van der Waals surface area (Å²) in [5.41, 5.74) is 0.995. The van der Waals surface area contributed by atoms with Crippen molar-refractivity contribution in [1.29, 1.82) is 0 Å². The van der Waals surface area contributed by atoms with Gasteiger partial charge in [-0.1, -0.05) is 11.6 Å². The van der Waals surface area contributed by atoms with E-state index in [1.165, 1.54) is 0 Å². The van der Waals surface area contributed by atoms with Gasteiger partial charge in [0.15, 0.2) is 0 Å². The van der Waals surface area contributed by atoms with Crippen LogP contribution in [0.5, 0.6) is 0 Å². The fraction of sp³-hybridized carbons (Fsp3) is 0.455. The minimum atomic E-state index is 0.273. The maximum atomic E-state index is 5.89. The van der Waals surface area contributed by atoms with Crippen LogP contribution in [0.3, 0.4) is 0 Å². The molecule has 1 aromatic rings. The van der Waals surface area contributed by atoms with Crippen LogP contribution in [0.2, 0.25) is 5.02 Å². The number of nitrogens with one attached hydrogen (secondary N) is 1. The van der Waals surface area contributed by atoms with Crippen molar-refractivity contribution in [2.24, 2.45) is 0 Å². The molecule has 4 heteroatoms.